The summed E-state index contributed by atoms with van der Waals surface area (Å²) in [5.41, 5.74) is 4.19. The Bertz CT molecular complexity index is 1570. The van der Waals surface area contributed by atoms with Gasteiger partial charge in [-0.05, 0) is 31.2 Å². The van der Waals surface area contributed by atoms with Crippen LogP contribution in [0, 0.1) is 6.92 Å². The average Bonchev–Trinajstić information content (AvgIpc) is 3.35. The highest BCUT2D eigenvalue weighted by Gasteiger charge is 2.19. The van der Waals surface area contributed by atoms with Crippen molar-refractivity contribution in [2.75, 3.05) is 5.32 Å². The Kier molecular flexibility index (Phi) is 6.23. The van der Waals surface area contributed by atoms with Gasteiger partial charge in [0.2, 0.25) is 0 Å². The highest BCUT2D eigenvalue weighted by molar-refractivity contribution is 6.36. The second-order valence-corrected chi connectivity index (χ2v) is 9.27. The molecule has 0 aliphatic rings. The molecule has 3 heterocycles. The maximum absolute atomic E-state index is 13.4. The number of rotatable bonds is 5. The first-order valence-corrected chi connectivity index (χ1v) is 11.8. The fourth-order valence-electron chi connectivity index (χ4n) is 3.94. The lowest BCUT2D eigenvalue weighted by Crippen LogP contribution is -2.14. The number of aromatic nitrogens is 5. The van der Waals surface area contributed by atoms with Crippen molar-refractivity contribution in [3.05, 3.63) is 92.8 Å². The molecule has 0 spiro atoms. The van der Waals surface area contributed by atoms with Gasteiger partial charge < -0.3 is 5.32 Å². The molecule has 5 aromatic rings. The van der Waals surface area contributed by atoms with Gasteiger partial charge in [-0.1, -0.05) is 59.1 Å². The normalized spacial score (nSPS) is 11.2. The number of aryl methyl sites for hydroxylation is 2. The Labute approximate surface area is 216 Å². The summed E-state index contributed by atoms with van der Waals surface area (Å²) in [5.74, 6) is -0.117. The Hall–Kier alpha value is -3.39. The Morgan fingerprint density at radius 1 is 0.971 bits per heavy atom. The van der Waals surface area contributed by atoms with Crippen molar-refractivity contribution in [1.82, 2.24) is 24.5 Å². The molecule has 0 saturated carbocycles. The molecule has 5 rings (SSSR count). The molecule has 3 aromatic heterocycles. The molecule has 0 unspecified atom stereocenters. The van der Waals surface area contributed by atoms with Gasteiger partial charge in [0.15, 0.2) is 5.82 Å². The lowest BCUT2D eigenvalue weighted by molar-refractivity contribution is 0.102. The van der Waals surface area contributed by atoms with Gasteiger partial charge in [-0.3, -0.25) is 14.2 Å². The second-order valence-electron chi connectivity index (χ2n) is 8.05. The molecule has 35 heavy (non-hydrogen) atoms. The monoisotopic (exact) mass is 524 g/mol. The Morgan fingerprint density at radius 3 is 2.43 bits per heavy atom. The van der Waals surface area contributed by atoms with Crippen LogP contribution in [0.25, 0.3) is 22.2 Å². The van der Waals surface area contributed by atoms with Crippen molar-refractivity contribution in [1.29, 1.82) is 0 Å². The lowest BCUT2D eigenvalue weighted by atomic mass is 10.0. The molecular weight excluding hydrogens is 507 g/mol. The molecule has 1 N–H and O–H groups in total. The van der Waals surface area contributed by atoms with Crippen molar-refractivity contribution in [2.24, 2.45) is 7.05 Å². The molecule has 0 atom stereocenters. The van der Waals surface area contributed by atoms with E-state index in [1.807, 2.05) is 44.4 Å². The van der Waals surface area contributed by atoms with Gasteiger partial charge >= 0.3 is 0 Å². The molecular formula is C25H19Cl3N6O. The van der Waals surface area contributed by atoms with Crippen molar-refractivity contribution in [3.8, 4) is 11.3 Å². The van der Waals surface area contributed by atoms with E-state index in [2.05, 4.69) is 15.5 Å². The zero-order chi connectivity index (χ0) is 24.7. The summed E-state index contributed by atoms with van der Waals surface area (Å²) in [7, 11) is 1.85. The minimum absolute atomic E-state index is 0.236. The average molecular weight is 526 g/mol. The topological polar surface area (TPSA) is 77.6 Å². The number of hydrogen-bond acceptors (Lipinski definition) is 4. The third kappa shape index (κ3) is 4.62. The van der Waals surface area contributed by atoms with Gasteiger partial charge in [0, 0.05) is 46.0 Å². The van der Waals surface area contributed by atoms with E-state index in [4.69, 9.17) is 39.8 Å². The van der Waals surface area contributed by atoms with Crippen LogP contribution >= 0.6 is 34.8 Å². The third-order valence-corrected chi connectivity index (χ3v) is 6.57. The molecule has 1 amide bonds. The summed E-state index contributed by atoms with van der Waals surface area (Å²) in [5, 5.41) is 13.7. The van der Waals surface area contributed by atoms with Crippen LogP contribution in [0.2, 0.25) is 15.1 Å². The number of nitrogens with one attached hydrogen (secondary N) is 1. The van der Waals surface area contributed by atoms with Gasteiger partial charge in [0.25, 0.3) is 5.91 Å². The van der Waals surface area contributed by atoms with Crippen LogP contribution in [-0.4, -0.2) is 30.5 Å². The number of para-hydroxylation sites is 1. The number of pyridine rings is 1. The Morgan fingerprint density at radius 2 is 1.71 bits per heavy atom. The van der Waals surface area contributed by atoms with Gasteiger partial charge in [-0.2, -0.15) is 10.2 Å². The maximum Gasteiger partial charge on any atom is 0.257 e. The smallest absolute Gasteiger partial charge is 0.257 e. The third-order valence-electron chi connectivity index (χ3n) is 5.58. The number of carbonyl (C=O) groups excluding carboxylic acids is 1. The van der Waals surface area contributed by atoms with E-state index in [-0.39, 0.29) is 11.7 Å². The minimum atomic E-state index is -0.352. The Balaban J connectivity index is 1.49. The SMILES string of the molecule is Cc1nn(C)cc1-c1cc(C(=O)Nc2nn(Cc3c(Cl)cccc3Cl)cc2Cl)c2ccccc2n1. The lowest BCUT2D eigenvalue weighted by Gasteiger charge is -2.10. The largest absolute Gasteiger partial charge is 0.304 e. The van der Waals surface area contributed by atoms with Crippen LogP contribution in [-0.2, 0) is 13.6 Å². The number of hydrogen-bond donors (Lipinski definition) is 1. The zero-order valence-electron chi connectivity index (χ0n) is 18.8. The minimum Gasteiger partial charge on any atom is -0.304 e. The van der Waals surface area contributed by atoms with Gasteiger partial charge in [0.05, 0.1) is 29.0 Å². The molecule has 10 heteroatoms. The zero-order valence-corrected chi connectivity index (χ0v) is 21.0. The molecule has 0 saturated heterocycles. The summed E-state index contributed by atoms with van der Waals surface area (Å²) in [4.78, 5) is 18.2. The standard InChI is InChI=1S/C25H19Cl3N6O/c1-14-17(11-33(2)31-14)23-10-16(15-6-3-4-9-22(15)29-23)25(35)30-24-21(28)13-34(32-24)12-18-19(26)7-5-8-20(18)27/h3-11,13H,12H2,1-2H3,(H,30,32,35). The van der Waals surface area contributed by atoms with E-state index in [0.717, 1.165) is 11.3 Å². The summed E-state index contributed by atoms with van der Waals surface area (Å²) in [6.07, 6.45) is 3.50. The number of benzene rings is 2. The van der Waals surface area contributed by atoms with Crippen LogP contribution < -0.4 is 5.32 Å². The molecule has 7 nitrogen and oxygen atoms in total. The first-order valence-electron chi connectivity index (χ1n) is 10.7. The van der Waals surface area contributed by atoms with Gasteiger partial charge in [-0.25, -0.2) is 4.98 Å². The van der Waals surface area contributed by atoms with Crippen LogP contribution in [0.3, 0.4) is 0 Å². The van der Waals surface area contributed by atoms with Crippen LogP contribution in [0.15, 0.2) is 60.9 Å². The van der Waals surface area contributed by atoms with Crippen LogP contribution in [0.4, 0.5) is 5.82 Å². The first kappa shape index (κ1) is 23.4. The van der Waals surface area contributed by atoms with Crippen molar-refractivity contribution in [2.45, 2.75) is 13.5 Å². The highest BCUT2D eigenvalue weighted by Crippen LogP contribution is 2.29. The number of fused-ring (bicyclic) bond motifs is 1. The number of anilines is 1. The van der Waals surface area contributed by atoms with E-state index in [1.54, 1.807) is 39.8 Å². The quantitative estimate of drug-likeness (QED) is 0.288. The summed E-state index contributed by atoms with van der Waals surface area (Å²) in [6, 6.07) is 14.5. The van der Waals surface area contributed by atoms with E-state index in [9.17, 15) is 4.79 Å². The van der Waals surface area contributed by atoms with E-state index < -0.39 is 0 Å². The van der Waals surface area contributed by atoms with Gasteiger partial charge in [-0.15, -0.1) is 0 Å². The van der Waals surface area contributed by atoms with E-state index in [0.29, 0.717) is 49.3 Å². The number of nitrogens with zero attached hydrogens (tertiary/aromatic N) is 5. The van der Waals surface area contributed by atoms with Crippen LogP contribution in [0.5, 0.6) is 0 Å². The molecule has 176 valence electrons. The first-order chi connectivity index (χ1) is 16.8. The molecule has 0 radical (unpaired) electrons. The molecule has 2 aromatic carbocycles. The van der Waals surface area contributed by atoms with Crippen molar-refractivity contribution < 1.29 is 4.79 Å². The van der Waals surface area contributed by atoms with E-state index >= 15 is 0 Å². The van der Waals surface area contributed by atoms with Crippen molar-refractivity contribution >= 4 is 57.4 Å². The number of amides is 1. The highest BCUT2D eigenvalue weighted by atomic mass is 35.5. The predicted octanol–water partition coefficient (Wildman–Crippen LogP) is 6.40. The summed E-state index contributed by atoms with van der Waals surface area (Å²) in [6.45, 7) is 2.21. The fourth-order valence-corrected chi connectivity index (χ4v) is 4.65. The molecule has 0 aliphatic heterocycles. The number of carbonyl (C=O) groups is 1. The second kappa shape index (κ2) is 9.34. The predicted molar refractivity (Wildman–Crippen MR) is 139 cm³/mol. The van der Waals surface area contributed by atoms with Crippen LogP contribution in [0.1, 0.15) is 21.6 Å². The fraction of sp³-hybridized carbons (Fsp3) is 0.120. The number of halogens is 3. The van der Waals surface area contributed by atoms with E-state index in [1.165, 1.54) is 0 Å². The van der Waals surface area contributed by atoms with Crippen molar-refractivity contribution in [3.63, 3.8) is 0 Å². The maximum atomic E-state index is 13.4. The summed E-state index contributed by atoms with van der Waals surface area (Å²) >= 11 is 19.0. The summed E-state index contributed by atoms with van der Waals surface area (Å²) < 4.78 is 3.30. The molecule has 0 aliphatic carbocycles. The molecule has 0 bridgehead atoms. The van der Waals surface area contributed by atoms with Gasteiger partial charge in [0.1, 0.15) is 5.02 Å². The molecule has 0 fully saturated rings.